The minimum atomic E-state index is -1.46. The normalized spacial score (nSPS) is 13.5. The highest BCUT2D eigenvalue weighted by Gasteiger charge is 2.44. The predicted molar refractivity (Wildman–Crippen MR) is 158 cm³/mol. The van der Waals surface area contributed by atoms with E-state index < -0.39 is 19.9 Å². The molecule has 3 aromatic carbocycles. The third-order valence-electron chi connectivity index (χ3n) is 6.57. The van der Waals surface area contributed by atoms with Gasteiger partial charge < -0.3 is 8.53 Å². The van der Waals surface area contributed by atoms with E-state index in [1.807, 2.05) is 6.08 Å². The fourth-order valence-electron chi connectivity index (χ4n) is 5.17. The van der Waals surface area contributed by atoms with Gasteiger partial charge >= 0.3 is 14.5 Å². The molecule has 0 heterocycles. The second kappa shape index (κ2) is 14.3. The fourth-order valence-corrected chi connectivity index (χ4v) is 8.87. The van der Waals surface area contributed by atoms with Crippen LogP contribution in [-0.4, -0.2) is 32.2 Å². The highest BCUT2D eigenvalue weighted by molar-refractivity contribution is 9.09. The van der Waals surface area contributed by atoms with Gasteiger partial charge in [0.25, 0.3) is 0 Å². The molecule has 2 atom stereocenters. The molecule has 0 radical (unpaired) electrons. The van der Waals surface area contributed by atoms with Crippen LogP contribution in [0.3, 0.4) is 0 Å². The zero-order chi connectivity index (χ0) is 26.0. The third kappa shape index (κ3) is 7.21. The van der Waals surface area contributed by atoms with Crippen LogP contribution in [0.1, 0.15) is 44.4 Å². The van der Waals surface area contributed by atoms with Crippen molar-refractivity contribution in [1.82, 2.24) is 0 Å². The van der Waals surface area contributed by atoms with Crippen LogP contribution in [0.15, 0.2) is 104 Å². The van der Waals surface area contributed by atoms with Gasteiger partial charge in [0.05, 0.1) is 16.8 Å². The van der Waals surface area contributed by atoms with Gasteiger partial charge in [-0.05, 0) is 16.7 Å². The SMILES string of the molecule is C=CC(OC(CBr)[O][Al]([CH2]C(C)C)[CH2]C(C)C)C(c1ccccc1)(c1ccccc1)c1ccccc1. The summed E-state index contributed by atoms with van der Waals surface area (Å²) in [5.74, 6) is 1.23. The second-order valence-electron chi connectivity index (χ2n) is 10.3. The first-order chi connectivity index (χ1) is 17.4. The van der Waals surface area contributed by atoms with Crippen molar-refractivity contribution in [3.8, 4) is 0 Å². The molecule has 0 amide bonds. The number of halogens is 1. The zero-order valence-corrected chi connectivity index (χ0v) is 24.9. The molecule has 0 fully saturated rings. The van der Waals surface area contributed by atoms with Gasteiger partial charge in [-0.15, -0.1) is 6.58 Å². The topological polar surface area (TPSA) is 18.5 Å². The Balaban J connectivity index is 2.11. The number of rotatable bonds is 14. The Morgan fingerprint density at radius 2 is 1.14 bits per heavy atom. The lowest BCUT2D eigenvalue weighted by Gasteiger charge is -2.42. The zero-order valence-electron chi connectivity index (χ0n) is 22.1. The van der Waals surface area contributed by atoms with Gasteiger partial charge in [0.15, 0.2) is 0 Å². The molecule has 0 bridgehead atoms. The van der Waals surface area contributed by atoms with Crippen LogP contribution in [0, 0.1) is 11.8 Å². The molecular weight excluding hydrogens is 523 g/mol. The molecule has 0 spiro atoms. The standard InChI is InChI=1S/C24H22BrO2.2C4H9.Al/c1-2-22(27-23(26)18-25)24(19-12-6-3-7-13-19,20-14-8-4-9-15-20)21-16-10-5-11-17-21;2*1-4(2)3;/h2-17,22-23H,1,18H2;2*4H,1H2,2-3H3;/q-1;;;+1. The fraction of sp³-hybridized carbons (Fsp3) is 0.375. The lowest BCUT2D eigenvalue weighted by Crippen LogP contribution is -2.46. The minimum Gasteiger partial charge on any atom is -0.477 e. The molecule has 0 saturated carbocycles. The maximum Gasteiger partial charge on any atom is 0.463 e. The van der Waals surface area contributed by atoms with E-state index in [2.05, 4.69) is 141 Å². The van der Waals surface area contributed by atoms with Crippen molar-refractivity contribution in [1.29, 1.82) is 0 Å². The Morgan fingerprint density at radius 3 is 1.44 bits per heavy atom. The average Bonchev–Trinajstić information content (AvgIpc) is 2.89. The van der Waals surface area contributed by atoms with Crippen LogP contribution < -0.4 is 0 Å². The number of ether oxygens (including phenoxy) is 1. The minimum absolute atomic E-state index is 0.347. The van der Waals surface area contributed by atoms with E-state index in [1.54, 1.807) is 0 Å². The monoisotopic (exact) mass is 562 g/mol. The van der Waals surface area contributed by atoms with Crippen LogP contribution in [0.25, 0.3) is 0 Å². The molecule has 3 rings (SSSR count). The van der Waals surface area contributed by atoms with E-state index in [1.165, 1.54) is 16.7 Å². The van der Waals surface area contributed by atoms with E-state index in [0.29, 0.717) is 17.2 Å². The van der Waals surface area contributed by atoms with Gasteiger partial charge in [-0.1, -0.05) is 163 Å². The number of hydrogen-bond acceptors (Lipinski definition) is 2. The van der Waals surface area contributed by atoms with E-state index >= 15 is 0 Å². The first-order valence-electron chi connectivity index (χ1n) is 13.1. The quantitative estimate of drug-likeness (QED) is 0.0643. The first kappa shape index (κ1) is 28.9. The lowest BCUT2D eigenvalue weighted by atomic mass is 9.65. The van der Waals surface area contributed by atoms with Crippen LogP contribution in [-0.2, 0) is 13.9 Å². The van der Waals surface area contributed by atoms with Crippen molar-refractivity contribution in [3.05, 3.63) is 120 Å². The van der Waals surface area contributed by atoms with Crippen LogP contribution >= 0.6 is 15.9 Å². The van der Waals surface area contributed by atoms with Crippen molar-refractivity contribution in [2.75, 3.05) is 5.33 Å². The van der Waals surface area contributed by atoms with E-state index in [4.69, 9.17) is 8.53 Å². The molecule has 2 unspecified atom stereocenters. The number of benzene rings is 3. The van der Waals surface area contributed by atoms with Crippen molar-refractivity contribution < 1.29 is 8.53 Å². The van der Waals surface area contributed by atoms with E-state index in [0.717, 1.165) is 10.6 Å². The number of hydrogen-bond donors (Lipinski definition) is 0. The molecule has 3 aromatic rings. The van der Waals surface area contributed by atoms with Gasteiger partial charge in [0.1, 0.15) is 6.29 Å². The molecule has 190 valence electrons. The van der Waals surface area contributed by atoms with Gasteiger partial charge in [-0.2, -0.15) is 0 Å². The summed E-state index contributed by atoms with van der Waals surface area (Å²) in [5.41, 5.74) is 2.92. The van der Waals surface area contributed by atoms with Crippen LogP contribution in [0.4, 0.5) is 0 Å². The van der Waals surface area contributed by atoms with Crippen LogP contribution in [0.5, 0.6) is 0 Å². The molecule has 0 aliphatic carbocycles. The van der Waals surface area contributed by atoms with Crippen molar-refractivity contribution in [2.45, 2.75) is 56.1 Å². The van der Waals surface area contributed by atoms with Gasteiger partial charge in [0.2, 0.25) is 0 Å². The highest BCUT2D eigenvalue weighted by Crippen LogP contribution is 2.44. The Bertz CT molecular complexity index is 917. The maximum absolute atomic E-state index is 6.92. The predicted octanol–water partition coefficient (Wildman–Crippen LogP) is 8.63. The molecule has 2 nitrogen and oxygen atoms in total. The summed E-state index contributed by atoms with van der Waals surface area (Å²) in [6.45, 7) is 13.4. The Hall–Kier alpha value is -1.67. The van der Waals surface area contributed by atoms with E-state index in [-0.39, 0.29) is 12.4 Å². The summed E-state index contributed by atoms with van der Waals surface area (Å²) in [7, 11) is 0. The lowest BCUT2D eigenvalue weighted by molar-refractivity contribution is -0.104. The van der Waals surface area contributed by atoms with Crippen LogP contribution in [0.2, 0.25) is 10.6 Å². The van der Waals surface area contributed by atoms with E-state index in [9.17, 15) is 0 Å². The Labute approximate surface area is 231 Å². The Morgan fingerprint density at radius 1 is 0.750 bits per heavy atom. The second-order valence-corrected chi connectivity index (χ2v) is 13.4. The summed E-state index contributed by atoms with van der Waals surface area (Å²) in [4.78, 5) is 0. The molecule has 0 saturated heterocycles. The largest absolute Gasteiger partial charge is 0.477 e. The summed E-state index contributed by atoms with van der Waals surface area (Å²) in [5, 5.41) is 2.90. The van der Waals surface area contributed by atoms with Gasteiger partial charge in [-0.3, -0.25) is 0 Å². The molecule has 0 aliphatic rings. The molecule has 0 aromatic heterocycles. The summed E-state index contributed by atoms with van der Waals surface area (Å²) in [6, 6.07) is 31.9. The number of alkyl halides is 1. The first-order valence-corrected chi connectivity index (χ1v) is 16.3. The Kier molecular flexibility index (Phi) is 11.5. The molecular formula is C32H40AlBrO2. The molecule has 0 N–H and O–H groups in total. The molecule has 4 heteroatoms. The van der Waals surface area contributed by atoms with Crippen molar-refractivity contribution in [2.24, 2.45) is 11.8 Å². The van der Waals surface area contributed by atoms with Crippen molar-refractivity contribution >= 4 is 30.4 Å². The maximum atomic E-state index is 6.92. The summed E-state index contributed by atoms with van der Waals surface area (Å²) in [6.07, 6.45) is 1.26. The average molecular weight is 564 g/mol. The molecule has 0 aliphatic heterocycles. The van der Waals surface area contributed by atoms with Crippen molar-refractivity contribution in [3.63, 3.8) is 0 Å². The summed E-state index contributed by atoms with van der Waals surface area (Å²) >= 11 is 2.25. The third-order valence-corrected chi connectivity index (χ3v) is 10.7. The highest BCUT2D eigenvalue weighted by atomic mass is 79.9. The smallest absolute Gasteiger partial charge is 0.463 e. The van der Waals surface area contributed by atoms with Gasteiger partial charge in [-0.25, -0.2) is 0 Å². The van der Waals surface area contributed by atoms with Gasteiger partial charge in [0, 0.05) is 0 Å². The molecule has 36 heavy (non-hydrogen) atoms. The summed E-state index contributed by atoms with van der Waals surface area (Å²) < 4.78 is 13.7.